The van der Waals surface area contributed by atoms with Crippen LogP contribution in [0.1, 0.15) is 229 Å². The van der Waals surface area contributed by atoms with Gasteiger partial charge in [0.15, 0.2) is 5.76 Å². The Labute approximate surface area is 423 Å². The molecule has 2 heterocycles. The van der Waals surface area contributed by atoms with Gasteiger partial charge < -0.3 is 51.5 Å². The predicted molar refractivity (Wildman–Crippen MR) is 274 cm³/mol. The third-order valence-corrected chi connectivity index (χ3v) is 7.05. The van der Waals surface area contributed by atoms with Crippen molar-refractivity contribution in [1.29, 1.82) is 0 Å². The summed E-state index contributed by atoms with van der Waals surface area (Å²) in [6, 6.07) is 0. The highest BCUT2D eigenvalue weighted by molar-refractivity contribution is 5.75. The molecule has 18 nitrogen and oxygen atoms in total. The fraction of sp³-hybridized carbons (Fsp3) is 0.827. The molecule has 18 heteroatoms. The lowest BCUT2D eigenvalue weighted by atomic mass is 9.97. The maximum atomic E-state index is 11.1. The summed E-state index contributed by atoms with van der Waals surface area (Å²) in [6.45, 7) is 44.1. The molecular formula is C52H102O18. The number of carbonyl (C=O) groups is 6. The molecular weight excluding hydrogens is 913 g/mol. The van der Waals surface area contributed by atoms with E-state index in [4.69, 9.17) is 32.8 Å². The number of ether oxygens (including phenoxy) is 9. The van der Waals surface area contributed by atoms with Gasteiger partial charge in [-0.05, 0) is 150 Å². The second kappa shape index (κ2) is 47.9. The van der Waals surface area contributed by atoms with E-state index < -0.39 is 24.3 Å². The molecule has 2 fully saturated rings. The first-order valence-electron chi connectivity index (χ1n) is 24.4. The number of methoxy groups -OCH3 is 1. The molecule has 0 radical (unpaired) electrons. The SMILES string of the molecule is C.CC.CC.CC(=O)OC(C)C.CC(C)OC(=O)C(C)(C)C.CC(C)OC(=O)OC(C)C.CC(C)OC(=O)OC1CCCCC1.CC1CCC(=O)O1.COC(=O)OC(C)C.Cc1oc(=O)oc1C(C)C. The van der Waals surface area contributed by atoms with Crippen molar-refractivity contribution >= 4 is 36.4 Å². The molecule has 0 spiro atoms. The summed E-state index contributed by atoms with van der Waals surface area (Å²) in [6.07, 6.45) is 5.26. The zero-order valence-electron chi connectivity index (χ0n) is 47.5. The first-order valence-corrected chi connectivity index (χ1v) is 24.4. The van der Waals surface area contributed by atoms with E-state index in [-0.39, 0.29) is 85.5 Å². The summed E-state index contributed by atoms with van der Waals surface area (Å²) in [5, 5.41) is 0. The molecule has 1 atom stereocenters. The first-order chi connectivity index (χ1) is 31.7. The molecule has 1 saturated carbocycles. The quantitative estimate of drug-likeness (QED) is 0.174. The molecule has 1 unspecified atom stereocenters. The number of rotatable bonds is 8. The molecule has 1 aromatic rings. The minimum Gasteiger partial charge on any atom is -0.463 e. The van der Waals surface area contributed by atoms with E-state index >= 15 is 0 Å². The van der Waals surface area contributed by atoms with Crippen molar-refractivity contribution < 1.29 is 80.2 Å². The van der Waals surface area contributed by atoms with E-state index in [0.717, 1.165) is 19.3 Å². The number of esters is 3. The van der Waals surface area contributed by atoms with E-state index in [1.165, 1.54) is 33.3 Å². The van der Waals surface area contributed by atoms with E-state index in [9.17, 15) is 33.6 Å². The number of carbonyl (C=O) groups excluding carboxylic acids is 6. The van der Waals surface area contributed by atoms with Gasteiger partial charge >= 0.3 is 42.2 Å². The summed E-state index contributed by atoms with van der Waals surface area (Å²) in [7, 11) is 1.28. The van der Waals surface area contributed by atoms with Crippen molar-refractivity contribution in [2.75, 3.05) is 7.11 Å². The van der Waals surface area contributed by atoms with E-state index in [2.05, 4.69) is 18.6 Å². The molecule has 1 aliphatic carbocycles. The Kier molecular flexibility index (Phi) is 54.3. The van der Waals surface area contributed by atoms with Crippen LogP contribution in [0.5, 0.6) is 0 Å². The zero-order chi connectivity index (χ0) is 55.6. The fourth-order valence-corrected chi connectivity index (χ4v) is 4.46. The lowest BCUT2D eigenvalue weighted by molar-refractivity contribution is -0.156. The average Bonchev–Trinajstić information content (AvgIpc) is 3.76. The molecule has 0 N–H and O–H groups in total. The molecule has 0 aromatic carbocycles. The summed E-state index contributed by atoms with van der Waals surface area (Å²) < 4.78 is 51.9. The highest BCUT2D eigenvalue weighted by Crippen LogP contribution is 2.21. The number of cyclic esters (lactones) is 1. The largest absolute Gasteiger partial charge is 0.519 e. The molecule has 1 aliphatic heterocycles. The van der Waals surface area contributed by atoms with E-state index in [0.29, 0.717) is 17.9 Å². The van der Waals surface area contributed by atoms with Crippen molar-refractivity contribution in [1.82, 2.24) is 0 Å². The highest BCUT2D eigenvalue weighted by atomic mass is 16.7. The number of hydrogen-bond donors (Lipinski definition) is 0. The third-order valence-electron chi connectivity index (χ3n) is 7.05. The van der Waals surface area contributed by atoms with Crippen molar-refractivity contribution in [3.8, 4) is 0 Å². The predicted octanol–water partition coefficient (Wildman–Crippen LogP) is 14.0. The Bertz CT molecular complexity index is 1480. The maximum absolute atomic E-state index is 11.1. The van der Waals surface area contributed by atoms with Crippen LogP contribution in [0.3, 0.4) is 0 Å². The van der Waals surface area contributed by atoms with E-state index in [1.54, 1.807) is 48.5 Å². The van der Waals surface area contributed by atoms with Gasteiger partial charge in [-0.1, -0.05) is 55.4 Å². The summed E-state index contributed by atoms with van der Waals surface area (Å²) in [4.78, 5) is 73.7. The average molecular weight is 1020 g/mol. The van der Waals surface area contributed by atoms with Crippen LogP contribution in [0.4, 0.5) is 14.4 Å². The third kappa shape index (κ3) is 59.4. The molecule has 70 heavy (non-hydrogen) atoms. The van der Waals surface area contributed by atoms with Crippen molar-refractivity contribution in [3.63, 3.8) is 0 Å². The maximum Gasteiger partial charge on any atom is 0.519 e. The van der Waals surface area contributed by atoms with Crippen molar-refractivity contribution in [2.24, 2.45) is 5.41 Å². The Hall–Kier alpha value is -4.77. The van der Waals surface area contributed by atoms with Crippen LogP contribution in [0, 0.1) is 12.3 Å². The second-order valence-corrected chi connectivity index (χ2v) is 17.7. The Morgan fingerprint density at radius 3 is 1.16 bits per heavy atom. The summed E-state index contributed by atoms with van der Waals surface area (Å²) in [5.74, 6) is 0.433. The van der Waals surface area contributed by atoms with Crippen LogP contribution < -0.4 is 5.82 Å². The summed E-state index contributed by atoms with van der Waals surface area (Å²) >= 11 is 0. The van der Waals surface area contributed by atoms with Crippen LogP contribution in [0.2, 0.25) is 0 Å². The topological polar surface area (TPSA) is 229 Å². The zero-order valence-corrected chi connectivity index (χ0v) is 47.5. The fourth-order valence-electron chi connectivity index (χ4n) is 4.46. The number of aryl methyl sites for hydroxylation is 1. The van der Waals surface area contributed by atoms with Gasteiger partial charge in [-0.25, -0.2) is 19.2 Å². The number of hydrogen-bond acceptors (Lipinski definition) is 18. The molecule has 2 aliphatic rings. The van der Waals surface area contributed by atoms with Crippen molar-refractivity contribution in [3.05, 3.63) is 22.1 Å². The monoisotopic (exact) mass is 1010 g/mol. The van der Waals surface area contributed by atoms with Crippen LogP contribution in [0.15, 0.2) is 13.6 Å². The second-order valence-electron chi connectivity index (χ2n) is 17.7. The first kappa shape index (κ1) is 79.4. The molecule has 418 valence electrons. The van der Waals surface area contributed by atoms with Gasteiger partial charge in [0, 0.05) is 19.3 Å². The Balaban J connectivity index is -0.000000131. The van der Waals surface area contributed by atoms with E-state index in [1.807, 2.05) is 111 Å². The van der Waals surface area contributed by atoms with Crippen LogP contribution in [-0.4, -0.2) is 92.3 Å². The molecule has 1 aromatic heterocycles. The highest BCUT2D eigenvalue weighted by Gasteiger charge is 2.24. The molecule has 0 amide bonds. The van der Waals surface area contributed by atoms with Gasteiger partial charge in [0.05, 0.1) is 55.3 Å². The Morgan fingerprint density at radius 2 is 0.957 bits per heavy atom. The van der Waals surface area contributed by atoms with Crippen LogP contribution in [-0.2, 0) is 57.0 Å². The van der Waals surface area contributed by atoms with Gasteiger partial charge in [0.25, 0.3) is 0 Å². The standard InChI is InChI=1S/C10H18O3.C8H16O2.C7H10O3.C7H14O3.C5H10O3.C5H8O2.C5H10O2.2C2H6.CH4/c1-8(2)12-10(11)13-9-6-4-3-5-7-9;1-6(2)10-7(9)8(3,4)5;1-4(2)6-5(3)9-7(8)10-6;1-5(2)9-7(8)10-6(3)4;1-4(2)8-5(6)7-3;1-4-2-3-5(6)7-4;1-4(2)7-5(3)6;2*1-2;/h8-9H,3-7H2,1-2H3;6H,1-5H3;4H,1-3H3;5-6H,1-4H3;4H,1-3H3;4H,2-3H2,1H3;4H,1-3H3;2*1-2H3;1H4. The normalized spacial score (nSPS) is 13.3. The van der Waals surface area contributed by atoms with Crippen molar-refractivity contribution in [2.45, 2.75) is 273 Å². The summed E-state index contributed by atoms with van der Waals surface area (Å²) in [5.41, 5.74) is -0.371. The van der Waals surface area contributed by atoms with Gasteiger partial charge in [-0.2, -0.15) is 0 Å². The van der Waals surface area contributed by atoms with Gasteiger partial charge in [0.1, 0.15) is 11.9 Å². The minimum absolute atomic E-state index is 0. The van der Waals surface area contributed by atoms with Crippen LogP contribution in [0.25, 0.3) is 0 Å². The smallest absolute Gasteiger partial charge is 0.463 e. The minimum atomic E-state index is -0.625. The van der Waals surface area contributed by atoms with Crippen LogP contribution >= 0.6 is 0 Å². The molecule has 1 saturated heterocycles. The lowest BCUT2D eigenvalue weighted by Gasteiger charge is -2.21. The van der Waals surface area contributed by atoms with Gasteiger partial charge in [-0.15, -0.1) is 0 Å². The van der Waals surface area contributed by atoms with Gasteiger partial charge in [-0.3, -0.25) is 14.4 Å². The van der Waals surface area contributed by atoms with Gasteiger partial charge in [0.2, 0.25) is 0 Å². The molecule has 3 rings (SSSR count). The lowest BCUT2D eigenvalue weighted by Crippen LogP contribution is -2.25. The molecule has 0 bridgehead atoms. The Morgan fingerprint density at radius 1 is 0.571 bits per heavy atom.